The maximum absolute atomic E-state index is 3.71. The van der Waals surface area contributed by atoms with Gasteiger partial charge in [0.05, 0.1) is 0 Å². The Morgan fingerprint density at radius 3 is 2.58 bits per heavy atom. The largest absolute Gasteiger partial charge is 0.318 e. The molecule has 68 valence electrons. The summed E-state index contributed by atoms with van der Waals surface area (Å²) < 4.78 is 0. The van der Waals surface area contributed by atoms with Gasteiger partial charge in [-0.2, -0.15) is 0 Å². The topological polar surface area (TPSA) is 24.1 Å². The van der Waals surface area contributed by atoms with Crippen molar-refractivity contribution in [2.24, 2.45) is 0 Å². The van der Waals surface area contributed by atoms with Gasteiger partial charge >= 0.3 is 0 Å². The smallest absolute Gasteiger partial charge is 0.0205 e. The predicted molar refractivity (Wildman–Crippen MR) is 55.3 cm³/mol. The molecule has 2 nitrogen and oxygen atoms in total. The molecule has 0 heterocycles. The van der Waals surface area contributed by atoms with E-state index in [1.807, 2.05) is 19.2 Å². The van der Waals surface area contributed by atoms with Crippen LogP contribution in [0.1, 0.15) is 0 Å². The highest BCUT2D eigenvalue weighted by atomic mass is 14.9. The molecule has 0 spiro atoms. The molecule has 0 atom stereocenters. The maximum Gasteiger partial charge on any atom is 0.0205 e. The van der Waals surface area contributed by atoms with E-state index in [4.69, 9.17) is 0 Å². The molecule has 12 heavy (non-hydrogen) atoms. The van der Waals surface area contributed by atoms with Gasteiger partial charge in [-0.05, 0) is 12.6 Å². The zero-order valence-corrected chi connectivity index (χ0v) is 7.77. The van der Waals surface area contributed by atoms with Gasteiger partial charge in [0.1, 0.15) is 0 Å². The van der Waals surface area contributed by atoms with Crippen LogP contribution in [-0.4, -0.2) is 26.7 Å². The Hall–Kier alpha value is -0.860. The molecule has 0 aromatic carbocycles. The molecular weight excluding hydrogens is 148 g/mol. The van der Waals surface area contributed by atoms with E-state index in [1.165, 1.54) is 5.57 Å². The Labute approximate surface area is 75.1 Å². The van der Waals surface area contributed by atoms with Gasteiger partial charge in [0.15, 0.2) is 0 Å². The van der Waals surface area contributed by atoms with Gasteiger partial charge in [0.25, 0.3) is 0 Å². The van der Waals surface area contributed by atoms with Crippen LogP contribution in [0.3, 0.4) is 0 Å². The van der Waals surface area contributed by atoms with Gasteiger partial charge in [-0.15, -0.1) is 0 Å². The second kappa shape index (κ2) is 8.24. The summed E-state index contributed by atoms with van der Waals surface area (Å²) in [6, 6.07) is 0. The lowest BCUT2D eigenvalue weighted by molar-refractivity contribution is 0.683. The number of likely N-dealkylation sites (N-methyl/N-ethyl adjacent to an activating group) is 1. The lowest BCUT2D eigenvalue weighted by atomic mass is 10.2. The van der Waals surface area contributed by atoms with Gasteiger partial charge in [-0.25, -0.2) is 0 Å². The number of allylic oxidation sites excluding steroid dienone is 2. The van der Waals surface area contributed by atoms with Crippen LogP contribution in [0.15, 0.2) is 37.0 Å². The fourth-order valence-electron chi connectivity index (χ4n) is 0.797. The molecule has 0 radical (unpaired) electrons. The molecule has 0 fully saturated rings. The first-order chi connectivity index (χ1) is 5.85. The standard InChI is InChI=1S/C10H18N2/c1-4-6-10(5-2)9-12-8-7-11-3/h4-6,11-12H,1-2,7-9H2,3H3/b10-6+. The summed E-state index contributed by atoms with van der Waals surface area (Å²) in [4.78, 5) is 0. The number of hydrogen-bond acceptors (Lipinski definition) is 2. The van der Waals surface area contributed by atoms with Crippen molar-refractivity contribution in [3.8, 4) is 0 Å². The number of rotatable bonds is 7. The first-order valence-corrected chi connectivity index (χ1v) is 4.14. The van der Waals surface area contributed by atoms with Crippen molar-refractivity contribution in [1.29, 1.82) is 0 Å². The Bertz CT molecular complexity index is 159. The quantitative estimate of drug-likeness (QED) is 0.437. The van der Waals surface area contributed by atoms with Crippen molar-refractivity contribution in [3.05, 3.63) is 37.0 Å². The Balaban J connectivity index is 3.51. The minimum Gasteiger partial charge on any atom is -0.318 e. The highest BCUT2D eigenvalue weighted by molar-refractivity contribution is 5.22. The lowest BCUT2D eigenvalue weighted by Crippen LogP contribution is -2.26. The minimum atomic E-state index is 0.858. The van der Waals surface area contributed by atoms with Crippen molar-refractivity contribution < 1.29 is 0 Å². The van der Waals surface area contributed by atoms with Crippen molar-refractivity contribution in [2.45, 2.75) is 0 Å². The first kappa shape index (κ1) is 11.1. The second-order valence-corrected chi connectivity index (χ2v) is 2.46. The molecule has 0 unspecified atom stereocenters. The monoisotopic (exact) mass is 166 g/mol. The van der Waals surface area contributed by atoms with Gasteiger partial charge in [-0.3, -0.25) is 0 Å². The third kappa shape index (κ3) is 5.89. The van der Waals surface area contributed by atoms with Crippen molar-refractivity contribution in [3.63, 3.8) is 0 Å². The summed E-state index contributed by atoms with van der Waals surface area (Å²) >= 11 is 0. The summed E-state index contributed by atoms with van der Waals surface area (Å²) in [5, 5.41) is 6.34. The summed E-state index contributed by atoms with van der Waals surface area (Å²) in [7, 11) is 1.94. The van der Waals surface area contributed by atoms with Crippen LogP contribution in [0.5, 0.6) is 0 Å². The van der Waals surface area contributed by atoms with Crippen LogP contribution in [0.4, 0.5) is 0 Å². The third-order valence-corrected chi connectivity index (χ3v) is 1.48. The van der Waals surface area contributed by atoms with E-state index in [0.29, 0.717) is 0 Å². The third-order valence-electron chi connectivity index (χ3n) is 1.48. The van der Waals surface area contributed by atoms with Crippen LogP contribution in [0.2, 0.25) is 0 Å². The maximum atomic E-state index is 3.71. The van der Waals surface area contributed by atoms with Gasteiger partial charge in [0.2, 0.25) is 0 Å². The predicted octanol–water partition coefficient (Wildman–Crippen LogP) is 1.09. The first-order valence-electron chi connectivity index (χ1n) is 4.14. The van der Waals surface area contributed by atoms with E-state index in [9.17, 15) is 0 Å². The van der Waals surface area contributed by atoms with Gasteiger partial charge in [0, 0.05) is 19.6 Å². The lowest BCUT2D eigenvalue weighted by Gasteiger charge is -2.03. The Morgan fingerprint density at radius 1 is 1.33 bits per heavy atom. The van der Waals surface area contributed by atoms with Crippen LogP contribution < -0.4 is 10.6 Å². The molecule has 0 aliphatic heterocycles. The fraction of sp³-hybridized carbons (Fsp3) is 0.400. The van der Waals surface area contributed by atoms with Gasteiger partial charge < -0.3 is 10.6 Å². The molecule has 2 heteroatoms. The summed E-state index contributed by atoms with van der Waals surface area (Å²) in [6.07, 6.45) is 5.57. The molecule has 0 bridgehead atoms. The molecule has 0 aliphatic carbocycles. The molecule has 0 saturated heterocycles. The van der Waals surface area contributed by atoms with E-state index >= 15 is 0 Å². The molecule has 0 saturated carbocycles. The van der Waals surface area contributed by atoms with Crippen molar-refractivity contribution in [2.75, 3.05) is 26.7 Å². The molecular formula is C10H18N2. The normalized spacial score (nSPS) is 11.2. The number of nitrogens with one attached hydrogen (secondary N) is 2. The summed E-state index contributed by atoms with van der Waals surface area (Å²) in [6.45, 7) is 10.1. The highest BCUT2D eigenvalue weighted by Gasteiger charge is 1.88. The van der Waals surface area contributed by atoms with E-state index in [-0.39, 0.29) is 0 Å². The average molecular weight is 166 g/mol. The Kier molecular flexibility index (Phi) is 7.65. The molecule has 2 N–H and O–H groups in total. The van der Waals surface area contributed by atoms with E-state index in [2.05, 4.69) is 23.8 Å². The van der Waals surface area contributed by atoms with Crippen LogP contribution >= 0.6 is 0 Å². The molecule has 0 amide bonds. The van der Waals surface area contributed by atoms with E-state index in [0.717, 1.165) is 19.6 Å². The van der Waals surface area contributed by atoms with Crippen molar-refractivity contribution in [1.82, 2.24) is 10.6 Å². The van der Waals surface area contributed by atoms with Crippen LogP contribution in [0, 0.1) is 0 Å². The van der Waals surface area contributed by atoms with Crippen LogP contribution in [0.25, 0.3) is 0 Å². The summed E-state index contributed by atoms with van der Waals surface area (Å²) in [5.41, 5.74) is 1.17. The Morgan fingerprint density at radius 2 is 2.08 bits per heavy atom. The summed E-state index contributed by atoms with van der Waals surface area (Å²) in [5.74, 6) is 0. The number of hydrogen-bond donors (Lipinski definition) is 2. The molecule has 0 aromatic rings. The molecule has 0 rings (SSSR count). The minimum absolute atomic E-state index is 0.858. The van der Waals surface area contributed by atoms with E-state index < -0.39 is 0 Å². The molecule has 0 aliphatic rings. The van der Waals surface area contributed by atoms with E-state index in [1.54, 1.807) is 6.08 Å². The highest BCUT2D eigenvalue weighted by Crippen LogP contribution is 1.92. The molecule has 0 aromatic heterocycles. The van der Waals surface area contributed by atoms with Crippen LogP contribution in [-0.2, 0) is 0 Å². The SMILES string of the molecule is C=C/C=C(\C=C)CNCCNC. The average Bonchev–Trinajstić information content (AvgIpc) is 2.10. The second-order valence-electron chi connectivity index (χ2n) is 2.46. The fourth-order valence-corrected chi connectivity index (χ4v) is 0.797. The van der Waals surface area contributed by atoms with Gasteiger partial charge in [-0.1, -0.05) is 31.4 Å². The van der Waals surface area contributed by atoms with Crippen molar-refractivity contribution >= 4 is 0 Å². The zero-order chi connectivity index (χ0) is 9.23. The zero-order valence-electron chi connectivity index (χ0n) is 7.77.